The van der Waals surface area contributed by atoms with E-state index in [9.17, 15) is 4.79 Å². The summed E-state index contributed by atoms with van der Waals surface area (Å²) >= 11 is 5.89. The maximum Gasteiger partial charge on any atom is 0.270 e. The van der Waals surface area contributed by atoms with Gasteiger partial charge in [0.1, 0.15) is 11.4 Å². The molecule has 2 aromatic carbocycles. The van der Waals surface area contributed by atoms with E-state index >= 15 is 0 Å². The molecule has 3 aromatic rings. The molecule has 3 rings (SSSR count). The van der Waals surface area contributed by atoms with E-state index < -0.39 is 0 Å². The summed E-state index contributed by atoms with van der Waals surface area (Å²) in [6.07, 6.45) is 2.23. The van der Waals surface area contributed by atoms with Gasteiger partial charge in [0.05, 0.1) is 7.11 Å². The van der Waals surface area contributed by atoms with E-state index in [1.54, 1.807) is 19.4 Å². The van der Waals surface area contributed by atoms with Gasteiger partial charge in [-0.1, -0.05) is 41.9 Å². The van der Waals surface area contributed by atoms with Gasteiger partial charge in [-0.15, -0.1) is 0 Å². The molecule has 0 unspecified atom stereocenters. The zero-order valence-electron chi connectivity index (χ0n) is 15.5. The van der Waals surface area contributed by atoms with Gasteiger partial charge in [0.2, 0.25) is 5.95 Å². The lowest BCUT2D eigenvalue weighted by atomic mass is 10.1. The summed E-state index contributed by atoms with van der Waals surface area (Å²) in [7, 11) is 1.64. The number of para-hydroxylation sites is 1. The number of hydrogen-bond acceptors (Lipinski definition) is 5. The summed E-state index contributed by atoms with van der Waals surface area (Å²) in [4.78, 5) is 20.8. The maximum absolute atomic E-state index is 12.4. The molecular formula is C21H21ClN4O2. The van der Waals surface area contributed by atoms with Crippen LogP contribution < -0.4 is 15.4 Å². The van der Waals surface area contributed by atoms with Gasteiger partial charge < -0.3 is 15.4 Å². The number of hydrogen-bond donors (Lipinski definition) is 2. The molecule has 0 bridgehead atoms. The number of anilines is 1. The normalized spacial score (nSPS) is 10.4. The summed E-state index contributed by atoms with van der Waals surface area (Å²) in [6.45, 7) is 1.02. The average molecular weight is 397 g/mol. The van der Waals surface area contributed by atoms with E-state index in [1.807, 2.05) is 48.5 Å². The average Bonchev–Trinajstić information content (AvgIpc) is 2.74. The minimum Gasteiger partial charge on any atom is -0.496 e. The molecule has 28 heavy (non-hydrogen) atoms. The summed E-state index contributed by atoms with van der Waals surface area (Å²) < 4.78 is 5.32. The predicted octanol–water partition coefficient (Wildman–Crippen LogP) is 3.72. The van der Waals surface area contributed by atoms with Crippen LogP contribution in [0.15, 0.2) is 60.8 Å². The quantitative estimate of drug-likeness (QED) is 0.606. The second-order valence-corrected chi connectivity index (χ2v) is 6.50. The largest absolute Gasteiger partial charge is 0.496 e. The molecular weight excluding hydrogens is 376 g/mol. The zero-order valence-corrected chi connectivity index (χ0v) is 16.2. The summed E-state index contributed by atoms with van der Waals surface area (Å²) in [5, 5.41) is 6.68. The molecule has 0 atom stereocenters. The molecule has 1 heterocycles. The minimum absolute atomic E-state index is 0.244. The van der Waals surface area contributed by atoms with Crippen LogP contribution in [0.25, 0.3) is 0 Å². The molecule has 1 amide bonds. The number of nitrogens with one attached hydrogen (secondary N) is 2. The molecule has 6 nitrogen and oxygen atoms in total. The molecule has 0 aliphatic heterocycles. The number of ether oxygens (including phenoxy) is 1. The molecule has 1 aromatic heterocycles. The van der Waals surface area contributed by atoms with Gasteiger partial charge in [-0.3, -0.25) is 4.79 Å². The Kier molecular flexibility index (Phi) is 6.81. The van der Waals surface area contributed by atoms with Gasteiger partial charge in [0.25, 0.3) is 5.91 Å². The standard InChI is InChI=1S/C21H21ClN4O2/c1-28-19-5-3-2-4-16(19)10-12-23-20(27)18-11-13-24-21(26-18)25-14-15-6-8-17(22)9-7-15/h2-9,11,13H,10,12,14H2,1H3,(H,23,27)(H,24,25,26). The molecule has 7 heteroatoms. The van der Waals surface area contributed by atoms with Gasteiger partial charge in [0, 0.05) is 24.3 Å². The molecule has 2 N–H and O–H groups in total. The fourth-order valence-corrected chi connectivity index (χ4v) is 2.79. The van der Waals surface area contributed by atoms with E-state index in [2.05, 4.69) is 20.6 Å². The van der Waals surface area contributed by atoms with E-state index in [4.69, 9.17) is 16.3 Å². The number of carbonyl (C=O) groups is 1. The van der Waals surface area contributed by atoms with Crippen LogP contribution in [-0.4, -0.2) is 29.5 Å². The molecule has 0 saturated heterocycles. The van der Waals surface area contributed by atoms with E-state index in [-0.39, 0.29) is 5.91 Å². The van der Waals surface area contributed by atoms with Crippen molar-refractivity contribution in [2.75, 3.05) is 19.0 Å². The van der Waals surface area contributed by atoms with E-state index in [0.717, 1.165) is 16.9 Å². The lowest BCUT2D eigenvalue weighted by molar-refractivity contribution is 0.0949. The third-order valence-corrected chi connectivity index (χ3v) is 4.38. The third kappa shape index (κ3) is 5.44. The highest BCUT2D eigenvalue weighted by atomic mass is 35.5. The van der Waals surface area contributed by atoms with Crippen molar-refractivity contribution in [1.82, 2.24) is 15.3 Å². The Balaban J connectivity index is 1.54. The van der Waals surface area contributed by atoms with Crippen LogP contribution in [0, 0.1) is 0 Å². The summed E-state index contributed by atoms with van der Waals surface area (Å²) in [6, 6.07) is 16.8. The van der Waals surface area contributed by atoms with E-state index in [1.165, 1.54) is 0 Å². The lowest BCUT2D eigenvalue weighted by Crippen LogP contribution is -2.27. The van der Waals surface area contributed by atoms with E-state index in [0.29, 0.717) is 36.2 Å². The number of carbonyl (C=O) groups excluding carboxylic acids is 1. The SMILES string of the molecule is COc1ccccc1CCNC(=O)c1ccnc(NCc2ccc(Cl)cc2)n1. The summed E-state index contributed by atoms with van der Waals surface area (Å²) in [5.74, 6) is 0.964. The van der Waals surface area contributed by atoms with Crippen molar-refractivity contribution < 1.29 is 9.53 Å². The van der Waals surface area contributed by atoms with Crippen molar-refractivity contribution in [3.63, 3.8) is 0 Å². The van der Waals surface area contributed by atoms with Crippen molar-refractivity contribution in [1.29, 1.82) is 0 Å². The van der Waals surface area contributed by atoms with Gasteiger partial charge in [-0.25, -0.2) is 9.97 Å². The van der Waals surface area contributed by atoms with Crippen LogP contribution in [0.3, 0.4) is 0 Å². The topological polar surface area (TPSA) is 76.1 Å². The number of amides is 1. The van der Waals surface area contributed by atoms with Gasteiger partial charge >= 0.3 is 0 Å². The van der Waals surface area contributed by atoms with Crippen molar-refractivity contribution in [3.8, 4) is 5.75 Å². The zero-order chi connectivity index (χ0) is 19.8. The molecule has 0 aliphatic carbocycles. The van der Waals surface area contributed by atoms with Crippen molar-refractivity contribution in [2.45, 2.75) is 13.0 Å². The number of rotatable bonds is 8. The smallest absolute Gasteiger partial charge is 0.270 e. The number of benzene rings is 2. The number of methoxy groups -OCH3 is 1. The molecule has 0 radical (unpaired) electrons. The molecule has 0 fully saturated rings. The minimum atomic E-state index is -0.244. The fourth-order valence-electron chi connectivity index (χ4n) is 2.66. The second-order valence-electron chi connectivity index (χ2n) is 6.06. The Bertz CT molecular complexity index is 932. The lowest BCUT2D eigenvalue weighted by Gasteiger charge is -2.09. The van der Waals surface area contributed by atoms with Crippen molar-refractivity contribution >= 4 is 23.5 Å². The molecule has 0 saturated carbocycles. The Morgan fingerprint density at radius 1 is 1.11 bits per heavy atom. The van der Waals surface area contributed by atoms with Crippen molar-refractivity contribution in [3.05, 3.63) is 82.6 Å². The highest BCUT2D eigenvalue weighted by Crippen LogP contribution is 2.17. The first kappa shape index (κ1) is 19.6. The highest BCUT2D eigenvalue weighted by molar-refractivity contribution is 6.30. The number of nitrogens with zero attached hydrogens (tertiary/aromatic N) is 2. The highest BCUT2D eigenvalue weighted by Gasteiger charge is 2.09. The predicted molar refractivity (Wildman–Crippen MR) is 110 cm³/mol. The Morgan fingerprint density at radius 2 is 1.89 bits per heavy atom. The molecule has 144 valence electrons. The molecule has 0 aliphatic rings. The molecule has 0 spiro atoms. The maximum atomic E-state index is 12.4. The Hall–Kier alpha value is -3.12. The number of aromatic nitrogens is 2. The first-order valence-electron chi connectivity index (χ1n) is 8.87. The van der Waals surface area contributed by atoms with Crippen LogP contribution in [0.2, 0.25) is 5.02 Å². The first-order valence-corrected chi connectivity index (χ1v) is 9.25. The monoisotopic (exact) mass is 396 g/mol. The van der Waals surface area contributed by atoms with Gasteiger partial charge in [0.15, 0.2) is 0 Å². The third-order valence-electron chi connectivity index (χ3n) is 4.12. The van der Waals surface area contributed by atoms with Crippen LogP contribution in [0.5, 0.6) is 5.75 Å². The Labute approximate surface area is 168 Å². The fraction of sp³-hybridized carbons (Fsp3) is 0.190. The van der Waals surface area contributed by atoms with Crippen molar-refractivity contribution in [2.24, 2.45) is 0 Å². The van der Waals surface area contributed by atoms with Crippen LogP contribution >= 0.6 is 11.6 Å². The van der Waals surface area contributed by atoms with Crippen LogP contribution in [0.1, 0.15) is 21.6 Å². The van der Waals surface area contributed by atoms with Gasteiger partial charge in [-0.05, 0) is 41.8 Å². The second kappa shape index (κ2) is 9.71. The Morgan fingerprint density at radius 3 is 2.68 bits per heavy atom. The van der Waals surface area contributed by atoms with Crippen LogP contribution in [0.4, 0.5) is 5.95 Å². The first-order chi connectivity index (χ1) is 13.7. The number of halogens is 1. The van der Waals surface area contributed by atoms with Crippen LogP contribution in [-0.2, 0) is 13.0 Å². The summed E-state index contributed by atoms with van der Waals surface area (Å²) in [5.41, 5.74) is 2.40. The van der Waals surface area contributed by atoms with Gasteiger partial charge in [-0.2, -0.15) is 0 Å².